The molecule has 0 aromatic carbocycles. The molecule has 0 saturated carbocycles. The molecule has 0 unspecified atom stereocenters. The predicted octanol–water partition coefficient (Wildman–Crippen LogP) is 1.24. The largest absolute Gasteiger partial charge is 0.252 e. The summed E-state index contributed by atoms with van der Waals surface area (Å²) < 4.78 is 1.88. The van der Waals surface area contributed by atoms with Crippen molar-refractivity contribution in [2.45, 2.75) is 27.3 Å². The van der Waals surface area contributed by atoms with Crippen LogP contribution in [0.3, 0.4) is 0 Å². The third-order valence-corrected chi connectivity index (χ3v) is 1.21. The molecule has 0 N–H and O–H groups in total. The van der Waals surface area contributed by atoms with E-state index in [4.69, 9.17) is 0 Å². The van der Waals surface area contributed by atoms with Crippen LogP contribution in [-0.4, -0.2) is 15.0 Å². The van der Waals surface area contributed by atoms with Gasteiger partial charge in [0, 0.05) is 12.7 Å². The van der Waals surface area contributed by atoms with Crippen LogP contribution in [0.5, 0.6) is 0 Å². The van der Waals surface area contributed by atoms with E-state index in [0.29, 0.717) is 5.92 Å². The summed E-state index contributed by atoms with van der Waals surface area (Å²) in [6.45, 7) is 7.23. The Morgan fingerprint density at radius 3 is 2.70 bits per heavy atom. The monoisotopic (exact) mass is 139 g/mol. The SMILES string of the molecule is Cc1cn(CC(C)C)nn1. The van der Waals surface area contributed by atoms with E-state index < -0.39 is 0 Å². The summed E-state index contributed by atoms with van der Waals surface area (Å²) in [6, 6.07) is 0. The van der Waals surface area contributed by atoms with Crippen LogP contribution in [-0.2, 0) is 6.54 Å². The topological polar surface area (TPSA) is 30.7 Å². The fourth-order valence-corrected chi connectivity index (χ4v) is 0.859. The molecule has 1 rings (SSSR count). The van der Waals surface area contributed by atoms with E-state index >= 15 is 0 Å². The molecular formula is C7H13N3. The molecule has 1 aromatic rings. The van der Waals surface area contributed by atoms with Gasteiger partial charge >= 0.3 is 0 Å². The standard InChI is InChI=1S/C7H13N3/c1-6(2)4-10-5-7(3)8-9-10/h5-6H,4H2,1-3H3. The lowest BCUT2D eigenvalue weighted by Gasteiger charge is -2.01. The quantitative estimate of drug-likeness (QED) is 0.617. The molecule has 0 atom stereocenters. The maximum absolute atomic E-state index is 3.92. The molecule has 10 heavy (non-hydrogen) atoms. The molecule has 1 heterocycles. The van der Waals surface area contributed by atoms with Gasteiger partial charge in [0.2, 0.25) is 0 Å². The van der Waals surface area contributed by atoms with E-state index in [1.807, 2.05) is 17.8 Å². The molecule has 0 radical (unpaired) electrons. The molecule has 0 aliphatic carbocycles. The molecular weight excluding hydrogens is 126 g/mol. The first-order valence-corrected chi connectivity index (χ1v) is 3.55. The van der Waals surface area contributed by atoms with E-state index in [1.54, 1.807) is 0 Å². The highest BCUT2D eigenvalue weighted by Gasteiger charge is 1.97. The van der Waals surface area contributed by atoms with Crippen molar-refractivity contribution in [1.29, 1.82) is 0 Å². The van der Waals surface area contributed by atoms with Gasteiger partial charge in [-0.15, -0.1) is 5.10 Å². The fourth-order valence-electron chi connectivity index (χ4n) is 0.859. The Morgan fingerprint density at radius 2 is 2.30 bits per heavy atom. The Morgan fingerprint density at radius 1 is 1.60 bits per heavy atom. The highest BCUT2D eigenvalue weighted by molar-refractivity contribution is 4.86. The van der Waals surface area contributed by atoms with E-state index in [1.165, 1.54) is 0 Å². The zero-order valence-corrected chi connectivity index (χ0v) is 6.70. The van der Waals surface area contributed by atoms with Crippen molar-refractivity contribution >= 4 is 0 Å². The summed E-state index contributed by atoms with van der Waals surface area (Å²) >= 11 is 0. The van der Waals surface area contributed by atoms with Crippen LogP contribution in [0.4, 0.5) is 0 Å². The first kappa shape index (κ1) is 7.25. The molecule has 0 fully saturated rings. The molecule has 0 aliphatic heterocycles. The van der Waals surface area contributed by atoms with Gasteiger partial charge in [0.1, 0.15) is 0 Å². The molecule has 1 aromatic heterocycles. The van der Waals surface area contributed by atoms with Gasteiger partial charge in [0.15, 0.2) is 0 Å². The Bertz CT molecular complexity index is 202. The molecule has 3 nitrogen and oxygen atoms in total. The molecule has 0 spiro atoms. The number of rotatable bonds is 2. The average Bonchev–Trinajstić information content (AvgIpc) is 2.13. The fraction of sp³-hybridized carbons (Fsp3) is 0.714. The van der Waals surface area contributed by atoms with Crippen molar-refractivity contribution in [3.8, 4) is 0 Å². The molecule has 0 amide bonds. The summed E-state index contributed by atoms with van der Waals surface area (Å²) in [5.74, 6) is 0.640. The Balaban J connectivity index is 2.58. The lowest BCUT2D eigenvalue weighted by molar-refractivity contribution is 0.472. The maximum Gasteiger partial charge on any atom is 0.0796 e. The number of aryl methyl sites for hydroxylation is 1. The lowest BCUT2D eigenvalue weighted by Crippen LogP contribution is -2.04. The van der Waals surface area contributed by atoms with Gasteiger partial charge in [0.25, 0.3) is 0 Å². The zero-order valence-electron chi connectivity index (χ0n) is 6.70. The maximum atomic E-state index is 3.92. The molecule has 3 heteroatoms. The molecule has 56 valence electrons. The van der Waals surface area contributed by atoms with Gasteiger partial charge in [-0.3, -0.25) is 4.68 Å². The van der Waals surface area contributed by atoms with Crippen LogP contribution in [0.2, 0.25) is 0 Å². The van der Waals surface area contributed by atoms with Gasteiger partial charge in [-0.05, 0) is 12.8 Å². The number of aromatic nitrogens is 3. The van der Waals surface area contributed by atoms with E-state index in [-0.39, 0.29) is 0 Å². The van der Waals surface area contributed by atoms with Gasteiger partial charge < -0.3 is 0 Å². The van der Waals surface area contributed by atoms with Crippen molar-refractivity contribution < 1.29 is 0 Å². The summed E-state index contributed by atoms with van der Waals surface area (Å²) in [4.78, 5) is 0. The smallest absolute Gasteiger partial charge is 0.0796 e. The minimum absolute atomic E-state index is 0.640. The Hall–Kier alpha value is -0.860. The second-order valence-electron chi connectivity index (χ2n) is 2.98. The van der Waals surface area contributed by atoms with Crippen molar-refractivity contribution in [2.24, 2.45) is 5.92 Å². The van der Waals surface area contributed by atoms with Crippen molar-refractivity contribution in [2.75, 3.05) is 0 Å². The summed E-state index contributed by atoms with van der Waals surface area (Å²) in [6.07, 6.45) is 1.96. The van der Waals surface area contributed by atoms with Crippen molar-refractivity contribution in [1.82, 2.24) is 15.0 Å². The second kappa shape index (κ2) is 2.82. The van der Waals surface area contributed by atoms with Gasteiger partial charge in [-0.25, -0.2) is 0 Å². The third-order valence-electron chi connectivity index (χ3n) is 1.21. The summed E-state index contributed by atoms with van der Waals surface area (Å²) in [7, 11) is 0. The Kier molecular flexibility index (Phi) is 2.04. The minimum atomic E-state index is 0.640. The van der Waals surface area contributed by atoms with Crippen LogP contribution >= 0.6 is 0 Å². The first-order chi connectivity index (χ1) is 4.68. The first-order valence-electron chi connectivity index (χ1n) is 3.55. The normalized spacial score (nSPS) is 10.8. The van der Waals surface area contributed by atoms with Crippen molar-refractivity contribution in [3.05, 3.63) is 11.9 Å². The number of hydrogen-bond acceptors (Lipinski definition) is 2. The van der Waals surface area contributed by atoms with Crippen LogP contribution < -0.4 is 0 Å². The Labute approximate surface area is 61.1 Å². The van der Waals surface area contributed by atoms with Crippen LogP contribution in [0.1, 0.15) is 19.5 Å². The van der Waals surface area contributed by atoms with Crippen molar-refractivity contribution in [3.63, 3.8) is 0 Å². The van der Waals surface area contributed by atoms with Crippen LogP contribution in [0, 0.1) is 12.8 Å². The highest BCUT2D eigenvalue weighted by atomic mass is 15.4. The highest BCUT2D eigenvalue weighted by Crippen LogP contribution is 1.97. The molecule has 0 bridgehead atoms. The minimum Gasteiger partial charge on any atom is -0.252 e. The van der Waals surface area contributed by atoms with Gasteiger partial charge in [0.05, 0.1) is 5.69 Å². The van der Waals surface area contributed by atoms with E-state index in [0.717, 1.165) is 12.2 Å². The number of hydrogen-bond donors (Lipinski definition) is 0. The second-order valence-corrected chi connectivity index (χ2v) is 2.98. The van der Waals surface area contributed by atoms with Crippen LogP contribution in [0.25, 0.3) is 0 Å². The third kappa shape index (κ3) is 1.83. The van der Waals surface area contributed by atoms with Crippen LogP contribution in [0.15, 0.2) is 6.20 Å². The lowest BCUT2D eigenvalue weighted by atomic mass is 10.2. The molecule has 0 aliphatic rings. The molecule has 0 saturated heterocycles. The average molecular weight is 139 g/mol. The zero-order chi connectivity index (χ0) is 7.56. The predicted molar refractivity (Wildman–Crippen MR) is 39.6 cm³/mol. The summed E-state index contributed by atoms with van der Waals surface area (Å²) in [5.41, 5.74) is 0.987. The van der Waals surface area contributed by atoms with Gasteiger partial charge in [-0.1, -0.05) is 19.1 Å². The van der Waals surface area contributed by atoms with E-state index in [2.05, 4.69) is 24.2 Å². The number of nitrogens with zero attached hydrogens (tertiary/aromatic N) is 3. The van der Waals surface area contributed by atoms with Gasteiger partial charge in [-0.2, -0.15) is 0 Å². The van der Waals surface area contributed by atoms with E-state index in [9.17, 15) is 0 Å². The summed E-state index contributed by atoms with van der Waals surface area (Å²) in [5, 5.41) is 7.81.